The number of amides is 1. The Labute approximate surface area is 126 Å². The molecule has 0 unspecified atom stereocenters. The summed E-state index contributed by atoms with van der Waals surface area (Å²) in [6.07, 6.45) is 1.57. The van der Waals surface area contributed by atoms with E-state index in [4.69, 9.17) is 16.9 Å². The molecule has 100 valence electrons. The van der Waals surface area contributed by atoms with Crippen LogP contribution in [0.15, 0.2) is 41.3 Å². The van der Waals surface area contributed by atoms with Crippen molar-refractivity contribution in [3.05, 3.63) is 56.7 Å². The van der Waals surface area contributed by atoms with Gasteiger partial charge in [0.05, 0.1) is 0 Å². The molecular weight excluding hydrogens is 292 g/mol. The standard InChI is InChI=1S/C15H11ClN2OS/c1-10-4-5-12(16)8-14(10)18-15(19)11(9-17)7-13-3-2-6-20-13/h2-8H,1H3,(H,18,19)/b11-7+. The molecule has 0 saturated carbocycles. The van der Waals surface area contributed by atoms with Crippen LogP contribution in [0.4, 0.5) is 5.69 Å². The number of thiophene rings is 1. The predicted molar refractivity (Wildman–Crippen MR) is 82.7 cm³/mol. The first-order valence-electron chi connectivity index (χ1n) is 5.83. The lowest BCUT2D eigenvalue weighted by molar-refractivity contribution is -0.112. The summed E-state index contributed by atoms with van der Waals surface area (Å²) in [7, 11) is 0. The number of carbonyl (C=O) groups excluding carboxylic acids is 1. The highest BCUT2D eigenvalue weighted by atomic mass is 35.5. The number of halogens is 1. The molecule has 1 N–H and O–H groups in total. The quantitative estimate of drug-likeness (QED) is 0.680. The first kappa shape index (κ1) is 14.3. The van der Waals surface area contributed by atoms with Gasteiger partial charge in [-0.05, 0) is 42.1 Å². The van der Waals surface area contributed by atoms with Gasteiger partial charge in [-0.15, -0.1) is 11.3 Å². The highest BCUT2D eigenvalue weighted by Crippen LogP contribution is 2.21. The van der Waals surface area contributed by atoms with E-state index in [1.54, 1.807) is 18.2 Å². The molecule has 20 heavy (non-hydrogen) atoms. The number of aryl methyl sites for hydroxylation is 1. The van der Waals surface area contributed by atoms with Crippen molar-refractivity contribution in [2.45, 2.75) is 6.92 Å². The summed E-state index contributed by atoms with van der Waals surface area (Å²) >= 11 is 7.37. The van der Waals surface area contributed by atoms with Gasteiger partial charge in [-0.3, -0.25) is 4.79 Å². The Bertz CT molecular complexity index is 699. The van der Waals surface area contributed by atoms with Gasteiger partial charge in [-0.1, -0.05) is 23.7 Å². The highest BCUT2D eigenvalue weighted by Gasteiger charge is 2.11. The van der Waals surface area contributed by atoms with Crippen LogP contribution in [0, 0.1) is 18.3 Å². The van der Waals surface area contributed by atoms with Crippen LogP contribution in [-0.2, 0) is 4.79 Å². The zero-order valence-electron chi connectivity index (χ0n) is 10.7. The maximum Gasteiger partial charge on any atom is 0.266 e. The number of rotatable bonds is 3. The summed E-state index contributed by atoms with van der Waals surface area (Å²) in [5.41, 5.74) is 1.55. The topological polar surface area (TPSA) is 52.9 Å². The monoisotopic (exact) mass is 302 g/mol. The van der Waals surface area contributed by atoms with Crippen LogP contribution in [0.2, 0.25) is 5.02 Å². The van der Waals surface area contributed by atoms with Gasteiger partial charge in [0.1, 0.15) is 11.6 Å². The highest BCUT2D eigenvalue weighted by molar-refractivity contribution is 7.10. The van der Waals surface area contributed by atoms with Crippen LogP contribution < -0.4 is 5.32 Å². The molecule has 0 atom stereocenters. The van der Waals surface area contributed by atoms with Crippen molar-refractivity contribution in [2.75, 3.05) is 5.32 Å². The molecule has 2 aromatic rings. The molecule has 5 heteroatoms. The number of hydrogen-bond donors (Lipinski definition) is 1. The Morgan fingerprint density at radius 2 is 2.25 bits per heavy atom. The molecule has 1 aromatic heterocycles. The molecule has 0 bridgehead atoms. The number of nitrogens with zero attached hydrogens (tertiary/aromatic N) is 1. The summed E-state index contributed by atoms with van der Waals surface area (Å²) in [5, 5.41) is 14.2. The van der Waals surface area contributed by atoms with Gasteiger partial charge in [0.15, 0.2) is 0 Å². The van der Waals surface area contributed by atoms with E-state index in [2.05, 4.69) is 5.32 Å². The number of benzene rings is 1. The Kier molecular flexibility index (Phi) is 4.57. The van der Waals surface area contributed by atoms with E-state index in [0.29, 0.717) is 10.7 Å². The van der Waals surface area contributed by atoms with Crippen LogP contribution in [0.1, 0.15) is 10.4 Å². The van der Waals surface area contributed by atoms with Gasteiger partial charge in [-0.2, -0.15) is 5.26 Å². The first-order valence-corrected chi connectivity index (χ1v) is 7.08. The molecule has 3 nitrogen and oxygen atoms in total. The van der Waals surface area contributed by atoms with Gasteiger partial charge in [0.2, 0.25) is 0 Å². The lowest BCUT2D eigenvalue weighted by Gasteiger charge is -2.08. The lowest BCUT2D eigenvalue weighted by atomic mass is 10.2. The molecule has 0 fully saturated rings. The Balaban J connectivity index is 2.23. The molecule has 0 aliphatic rings. The van der Waals surface area contributed by atoms with Crippen LogP contribution in [0.3, 0.4) is 0 Å². The Morgan fingerprint density at radius 1 is 1.45 bits per heavy atom. The summed E-state index contributed by atoms with van der Waals surface area (Å²) in [4.78, 5) is 13.0. The normalized spacial score (nSPS) is 10.9. The van der Waals surface area contributed by atoms with Crippen LogP contribution in [0.5, 0.6) is 0 Å². The number of nitrogens with one attached hydrogen (secondary N) is 1. The van der Waals surface area contributed by atoms with Crippen molar-refractivity contribution in [3.63, 3.8) is 0 Å². The molecule has 1 heterocycles. The fourth-order valence-corrected chi connectivity index (χ4v) is 2.41. The van der Waals surface area contributed by atoms with E-state index < -0.39 is 5.91 Å². The molecule has 0 saturated heterocycles. The van der Waals surface area contributed by atoms with E-state index in [0.717, 1.165) is 10.4 Å². The molecular formula is C15H11ClN2OS. The average molecular weight is 303 g/mol. The van der Waals surface area contributed by atoms with Crippen LogP contribution >= 0.6 is 22.9 Å². The summed E-state index contributed by atoms with van der Waals surface area (Å²) in [6, 6.07) is 10.9. The van der Waals surface area contributed by atoms with Gasteiger partial charge < -0.3 is 5.32 Å². The Hall–Kier alpha value is -2.09. The van der Waals surface area contributed by atoms with E-state index in [1.165, 1.54) is 11.3 Å². The van der Waals surface area contributed by atoms with Crippen LogP contribution in [0.25, 0.3) is 6.08 Å². The van der Waals surface area contributed by atoms with Crippen molar-refractivity contribution in [1.82, 2.24) is 0 Å². The molecule has 0 spiro atoms. The minimum Gasteiger partial charge on any atom is -0.321 e. The number of anilines is 1. The van der Waals surface area contributed by atoms with Crippen molar-refractivity contribution in [1.29, 1.82) is 5.26 Å². The minimum atomic E-state index is -0.439. The number of nitriles is 1. The third-order valence-corrected chi connectivity index (χ3v) is 3.70. The van der Waals surface area contributed by atoms with E-state index in [1.807, 2.05) is 36.6 Å². The second kappa shape index (κ2) is 6.38. The molecule has 2 rings (SSSR count). The fourth-order valence-electron chi connectivity index (χ4n) is 1.58. The summed E-state index contributed by atoms with van der Waals surface area (Å²) in [6.45, 7) is 1.86. The van der Waals surface area contributed by atoms with Gasteiger partial charge in [0, 0.05) is 15.6 Å². The second-order valence-corrected chi connectivity index (χ2v) is 5.51. The molecule has 0 aliphatic heterocycles. The van der Waals surface area contributed by atoms with Crippen molar-refractivity contribution < 1.29 is 4.79 Å². The van der Waals surface area contributed by atoms with Gasteiger partial charge in [-0.25, -0.2) is 0 Å². The Morgan fingerprint density at radius 3 is 2.90 bits per heavy atom. The third-order valence-electron chi connectivity index (χ3n) is 2.64. The predicted octanol–water partition coefficient (Wildman–Crippen LogP) is 4.26. The maximum atomic E-state index is 12.1. The fraction of sp³-hybridized carbons (Fsp3) is 0.0667. The minimum absolute atomic E-state index is 0.0619. The van der Waals surface area contributed by atoms with Gasteiger partial charge in [0.25, 0.3) is 5.91 Å². The third kappa shape index (κ3) is 3.47. The molecule has 0 radical (unpaired) electrons. The SMILES string of the molecule is Cc1ccc(Cl)cc1NC(=O)/C(C#N)=C/c1cccs1. The van der Waals surface area contributed by atoms with Crippen molar-refractivity contribution in [2.24, 2.45) is 0 Å². The van der Waals surface area contributed by atoms with Crippen molar-refractivity contribution in [3.8, 4) is 6.07 Å². The molecule has 0 aliphatic carbocycles. The number of carbonyl (C=O) groups is 1. The van der Waals surface area contributed by atoms with E-state index >= 15 is 0 Å². The van der Waals surface area contributed by atoms with Crippen molar-refractivity contribution >= 4 is 40.6 Å². The zero-order valence-corrected chi connectivity index (χ0v) is 12.3. The lowest BCUT2D eigenvalue weighted by Crippen LogP contribution is -2.14. The first-order chi connectivity index (χ1) is 9.60. The van der Waals surface area contributed by atoms with Crippen LogP contribution in [-0.4, -0.2) is 5.91 Å². The maximum absolute atomic E-state index is 12.1. The van der Waals surface area contributed by atoms with E-state index in [-0.39, 0.29) is 5.57 Å². The summed E-state index contributed by atoms with van der Waals surface area (Å²) < 4.78 is 0. The largest absolute Gasteiger partial charge is 0.321 e. The average Bonchev–Trinajstić information content (AvgIpc) is 2.93. The summed E-state index contributed by atoms with van der Waals surface area (Å²) in [5.74, 6) is -0.439. The van der Waals surface area contributed by atoms with E-state index in [9.17, 15) is 4.79 Å². The second-order valence-electron chi connectivity index (χ2n) is 4.10. The molecule has 1 amide bonds. The smallest absolute Gasteiger partial charge is 0.266 e. The van der Waals surface area contributed by atoms with Gasteiger partial charge >= 0.3 is 0 Å². The molecule has 1 aromatic carbocycles. The zero-order chi connectivity index (χ0) is 14.5. The number of hydrogen-bond acceptors (Lipinski definition) is 3.